The maximum absolute atomic E-state index is 11.0. The molecule has 1 heterocycles. The Labute approximate surface area is 87.7 Å². The lowest BCUT2D eigenvalue weighted by atomic mass is 9.99. The van der Waals surface area contributed by atoms with Crippen LogP contribution in [0.3, 0.4) is 0 Å². The first-order valence-corrected chi connectivity index (χ1v) is 4.74. The molecule has 1 aliphatic rings. The number of fused-ring (bicyclic) bond motifs is 1. The van der Waals surface area contributed by atoms with Gasteiger partial charge in [0.15, 0.2) is 0 Å². The highest BCUT2D eigenvalue weighted by Crippen LogP contribution is 2.40. The van der Waals surface area contributed by atoms with Crippen LogP contribution < -0.4 is 10.5 Å². The van der Waals surface area contributed by atoms with Crippen molar-refractivity contribution in [3.8, 4) is 5.75 Å². The summed E-state index contributed by atoms with van der Waals surface area (Å²) in [6.45, 7) is 3.83. The molecule has 4 nitrogen and oxygen atoms in total. The van der Waals surface area contributed by atoms with Gasteiger partial charge in [0, 0.05) is 17.7 Å². The molecule has 0 fully saturated rings. The monoisotopic (exact) mass is 207 g/mol. The van der Waals surface area contributed by atoms with Gasteiger partial charge in [0.2, 0.25) is 0 Å². The number of aromatic carboxylic acids is 1. The normalized spacial score (nSPS) is 16.9. The van der Waals surface area contributed by atoms with Crippen molar-refractivity contribution >= 4 is 11.7 Å². The summed E-state index contributed by atoms with van der Waals surface area (Å²) in [4.78, 5) is 11.0. The molecule has 0 radical (unpaired) electrons. The SMILES string of the molecule is CC1(C)Cc2c(N)ccc(C(=O)O)c2O1. The van der Waals surface area contributed by atoms with E-state index in [2.05, 4.69) is 0 Å². The zero-order chi connectivity index (χ0) is 11.2. The van der Waals surface area contributed by atoms with Gasteiger partial charge in [-0.05, 0) is 26.0 Å². The van der Waals surface area contributed by atoms with Crippen molar-refractivity contribution in [3.05, 3.63) is 23.3 Å². The first-order chi connectivity index (χ1) is 6.91. The van der Waals surface area contributed by atoms with Crippen LogP contribution in [0.2, 0.25) is 0 Å². The van der Waals surface area contributed by atoms with Crippen molar-refractivity contribution in [1.82, 2.24) is 0 Å². The minimum atomic E-state index is -0.982. The summed E-state index contributed by atoms with van der Waals surface area (Å²) in [7, 11) is 0. The lowest BCUT2D eigenvalue weighted by molar-refractivity contribution is 0.0685. The Morgan fingerprint density at radius 2 is 2.20 bits per heavy atom. The molecule has 15 heavy (non-hydrogen) atoms. The van der Waals surface area contributed by atoms with Crippen molar-refractivity contribution in [2.45, 2.75) is 25.9 Å². The second-order valence-electron chi connectivity index (χ2n) is 4.35. The van der Waals surface area contributed by atoms with E-state index in [-0.39, 0.29) is 11.2 Å². The molecule has 0 amide bonds. The molecule has 1 aromatic rings. The zero-order valence-electron chi connectivity index (χ0n) is 8.70. The van der Waals surface area contributed by atoms with Gasteiger partial charge in [-0.1, -0.05) is 0 Å². The van der Waals surface area contributed by atoms with Gasteiger partial charge in [-0.25, -0.2) is 4.79 Å². The van der Waals surface area contributed by atoms with E-state index in [1.54, 1.807) is 6.07 Å². The molecule has 0 saturated heterocycles. The summed E-state index contributed by atoms with van der Waals surface area (Å²) in [5.41, 5.74) is 7.00. The summed E-state index contributed by atoms with van der Waals surface area (Å²) in [6.07, 6.45) is 0.648. The number of nitrogens with two attached hydrogens (primary N) is 1. The second kappa shape index (κ2) is 2.89. The highest BCUT2D eigenvalue weighted by Gasteiger charge is 2.34. The van der Waals surface area contributed by atoms with Gasteiger partial charge in [-0.3, -0.25) is 0 Å². The fraction of sp³-hybridized carbons (Fsp3) is 0.364. The predicted molar refractivity (Wildman–Crippen MR) is 56.2 cm³/mol. The first kappa shape index (κ1) is 9.83. The molecule has 0 aliphatic carbocycles. The third-order valence-electron chi connectivity index (χ3n) is 2.51. The smallest absolute Gasteiger partial charge is 0.339 e. The maximum Gasteiger partial charge on any atom is 0.339 e. The van der Waals surface area contributed by atoms with E-state index in [0.29, 0.717) is 17.9 Å². The van der Waals surface area contributed by atoms with Gasteiger partial charge >= 0.3 is 5.97 Å². The number of rotatable bonds is 1. The third-order valence-corrected chi connectivity index (χ3v) is 2.51. The van der Waals surface area contributed by atoms with Crippen LogP contribution in [0.5, 0.6) is 5.75 Å². The molecule has 0 spiro atoms. The van der Waals surface area contributed by atoms with E-state index in [9.17, 15) is 4.79 Å². The lowest BCUT2D eigenvalue weighted by Crippen LogP contribution is -2.25. The number of carbonyl (C=O) groups is 1. The van der Waals surface area contributed by atoms with E-state index in [4.69, 9.17) is 15.6 Å². The largest absolute Gasteiger partial charge is 0.486 e. The Morgan fingerprint density at radius 3 is 2.80 bits per heavy atom. The Hall–Kier alpha value is -1.71. The van der Waals surface area contributed by atoms with Crippen molar-refractivity contribution < 1.29 is 14.6 Å². The van der Waals surface area contributed by atoms with Crippen molar-refractivity contribution in [1.29, 1.82) is 0 Å². The van der Waals surface area contributed by atoms with Gasteiger partial charge in [0.1, 0.15) is 16.9 Å². The Balaban J connectivity index is 2.60. The van der Waals surface area contributed by atoms with Crippen LogP contribution in [0.1, 0.15) is 29.8 Å². The van der Waals surface area contributed by atoms with Gasteiger partial charge in [0.05, 0.1) is 0 Å². The Bertz CT molecular complexity index is 438. The van der Waals surface area contributed by atoms with Crippen LogP contribution in [0.25, 0.3) is 0 Å². The van der Waals surface area contributed by atoms with Gasteiger partial charge in [-0.15, -0.1) is 0 Å². The fourth-order valence-electron chi connectivity index (χ4n) is 1.85. The molecule has 0 unspecified atom stereocenters. The van der Waals surface area contributed by atoms with Gasteiger partial charge in [-0.2, -0.15) is 0 Å². The molecule has 2 rings (SSSR count). The standard InChI is InChI=1S/C11H13NO3/c1-11(2)5-7-8(12)4-3-6(10(13)14)9(7)15-11/h3-4H,5,12H2,1-2H3,(H,13,14). The average Bonchev–Trinajstić information content (AvgIpc) is 2.41. The minimum absolute atomic E-state index is 0.185. The third kappa shape index (κ3) is 1.52. The fourth-order valence-corrected chi connectivity index (χ4v) is 1.85. The number of anilines is 1. The first-order valence-electron chi connectivity index (χ1n) is 4.74. The minimum Gasteiger partial charge on any atom is -0.486 e. The molecule has 1 aliphatic heterocycles. The summed E-state index contributed by atoms with van der Waals surface area (Å²) in [5, 5.41) is 8.99. The van der Waals surface area contributed by atoms with Crippen LogP contribution >= 0.6 is 0 Å². The molecule has 0 bridgehead atoms. The predicted octanol–water partition coefficient (Wildman–Crippen LogP) is 1.68. The second-order valence-corrected chi connectivity index (χ2v) is 4.35. The topological polar surface area (TPSA) is 72.6 Å². The average molecular weight is 207 g/mol. The summed E-state index contributed by atoms with van der Waals surface area (Å²) >= 11 is 0. The molecule has 1 aromatic carbocycles. The number of hydrogen-bond acceptors (Lipinski definition) is 3. The highest BCUT2D eigenvalue weighted by atomic mass is 16.5. The van der Waals surface area contributed by atoms with Crippen molar-refractivity contribution in [2.75, 3.05) is 5.73 Å². The van der Waals surface area contributed by atoms with Crippen LogP contribution in [0.4, 0.5) is 5.69 Å². The molecule has 3 N–H and O–H groups in total. The van der Waals surface area contributed by atoms with Crippen LogP contribution in [0.15, 0.2) is 12.1 Å². The van der Waals surface area contributed by atoms with E-state index in [0.717, 1.165) is 5.56 Å². The maximum atomic E-state index is 11.0. The zero-order valence-corrected chi connectivity index (χ0v) is 8.70. The molecule has 80 valence electrons. The molecular weight excluding hydrogens is 194 g/mol. The van der Waals surface area contributed by atoms with Gasteiger partial charge in [0.25, 0.3) is 0 Å². The Kier molecular flexibility index (Phi) is 1.89. The number of benzene rings is 1. The summed E-state index contributed by atoms with van der Waals surface area (Å²) < 4.78 is 5.61. The molecule has 0 aromatic heterocycles. The van der Waals surface area contributed by atoms with Crippen LogP contribution in [-0.2, 0) is 6.42 Å². The number of ether oxygens (including phenoxy) is 1. The van der Waals surface area contributed by atoms with Gasteiger partial charge < -0.3 is 15.6 Å². The molecular formula is C11H13NO3. The van der Waals surface area contributed by atoms with E-state index < -0.39 is 5.97 Å². The summed E-state index contributed by atoms with van der Waals surface area (Å²) in [5.74, 6) is -0.559. The molecule has 4 heteroatoms. The van der Waals surface area contributed by atoms with E-state index in [1.165, 1.54) is 6.07 Å². The molecule has 0 atom stereocenters. The van der Waals surface area contributed by atoms with Crippen molar-refractivity contribution in [3.63, 3.8) is 0 Å². The summed E-state index contributed by atoms with van der Waals surface area (Å²) in [6, 6.07) is 3.10. The Morgan fingerprint density at radius 1 is 1.53 bits per heavy atom. The highest BCUT2D eigenvalue weighted by molar-refractivity contribution is 5.92. The van der Waals surface area contributed by atoms with E-state index >= 15 is 0 Å². The van der Waals surface area contributed by atoms with Crippen LogP contribution in [0, 0.1) is 0 Å². The van der Waals surface area contributed by atoms with E-state index in [1.807, 2.05) is 13.8 Å². The number of nitrogen functional groups attached to an aromatic ring is 1. The molecule has 0 saturated carbocycles. The number of hydrogen-bond donors (Lipinski definition) is 2. The lowest BCUT2D eigenvalue weighted by Gasteiger charge is -2.17. The quantitative estimate of drug-likeness (QED) is 0.687. The number of carboxylic acids is 1. The van der Waals surface area contributed by atoms with Crippen LogP contribution in [-0.4, -0.2) is 16.7 Å². The van der Waals surface area contributed by atoms with Crippen molar-refractivity contribution in [2.24, 2.45) is 0 Å². The number of carboxylic acid groups (broad SMARTS) is 1.